The minimum absolute atomic E-state index is 0.410. The Balaban J connectivity index is 2.09. The SMILES string of the molecule is O=Cc1cc(C2CCSCC2)on1. The van der Waals surface area contributed by atoms with Crippen LogP contribution in [-0.2, 0) is 0 Å². The second-order valence-corrected chi connectivity index (χ2v) is 4.38. The van der Waals surface area contributed by atoms with E-state index < -0.39 is 0 Å². The summed E-state index contributed by atoms with van der Waals surface area (Å²) in [7, 11) is 0. The van der Waals surface area contributed by atoms with Gasteiger partial charge in [0.2, 0.25) is 0 Å². The summed E-state index contributed by atoms with van der Waals surface area (Å²) in [6.45, 7) is 0. The molecular weight excluding hydrogens is 186 g/mol. The number of nitrogens with zero attached hydrogens (tertiary/aromatic N) is 1. The molecule has 0 aliphatic carbocycles. The Kier molecular flexibility index (Phi) is 2.68. The molecule has 0 bridgehead atoms. The zero-order valence-electron chi connectivity index (χ0n) is 7.23. The van der Waals surface area contributed by atoms with Gasteiger partial charge in [-0.25, -0.2) is 0 Å². The molecule has 1 aliphatic heterocycles. The van der Waals surface area contributed by atoms with Gasteiger partial charge in [0, 0.05) is 12.0 Å². The number of rotatable bonds is 2. The van der Waals surface area contributed by atoms with Crippen LogP contribution in [0.25, 0.3) is 0 Å². The van der Waals surface area contributed by atoms with Gasteiger partial charge in [0.05, 0.1) is 0 Å². The minimum atomic E-state index is 0.410. The van der Waals surface area contributed by atoms with Crippen molar-refractivity contribution < 1.29 is 9.32 Å². The zero-order valence-corrected chi connectivity index (χ0v) is 8.05. The van der Waals surface area contributed by atoms with Crippen LogP contribution in [-0.4, -0.2) is 22.9 Å². The molecule has 0 spiro atoms. The first-order valence-electron chi connectivity index (χ1n) is 4.39. The van der Waals surface area contributed by atoms with Gasteiger partial charge in [-0.3, -0.25) is 4.79 Å². The summed E-state index contributed by atoms with van der Waals surface area (Å²) < 4.78 is 5.10. The first kappa shape index (κ1) is 8.81. The van der Waals surface area contributed by atoms with Gasteiger partial charge >= 0.3 is 0 Å². The van der Waals surface area contributed by atoms with Crippen LogP contribution in [0.15, 0.2) is 10.6 Å². The highest BCUT2D eigenvalue weighted by atomic mass is 32.2. The first-order chi connectivity index (χ1) is 6.40. The third-order valence-corrected chi connectivity index (χ3v) is 3.34. The second-order valence-electron chi connectivity index (χ2n) is 3.16. The lowest BCUT2D eigenvalue weighted by molar-refractivity contribution is 0.111. The number of hydrogen-bond acceptors (Lipinski definition) is 4. The number of hydrogen-bond donors (Lipinski definition) is 0. The molecule has 1 aromatic heterocycles. The smallest absolute Gasteiger partial charge is 0.171 e. The number of thioether (sulfide) groups is 1. The molecule has 2 heterocycles. The molecule has 0 aromatic carbocycles. The van der Waals surface area contributed by atoms with Crippen LogP contribution in [0, 0.1) is 0 Å². The topological polar surface area (TPSA) is 43.1 Å². The predicted molar refractivity (Wildman–Crippen MR) is 51.2 cm³/mol. The van der Waals surface area contributed by atoms with Crippen molar-refractivity contribution in [1.29, 1.82) is 0 Å². The van der Waals surface area contributed by atoms with Gasteiger partial charge in [-0.05, 0) is 24.3 Å². The molecule has 0 unspecified atom stereocenters. The van der Waals surface area contributed by atoms with E-state index in [0.717, 1.165) is 24.9 Å². The normalized spacial score (nSPS) is 18.8. The molecule has 0 atom stereocenters. The summed E-state index contributed by atoms with van der Waals surface area (Å²) in [5.74, 6) is 3.72. The summed E-state index contributed by atoms with van der Waals surface area (Å²) in [6.07, 6.45) is 3.00. The summed E-state index contributed by atoms with van der Waals surface area (Å²) in [5, 5.41) is 3.66. The first-order valence-corrected chi connectivity index (χ1v) is 5.55. The molecule has 70 valence electrons. The van der Waals surface area contributed by atoms with E-state index in [1.807, 2.05) is 11.8 Å². The molecule has 3 nitrogen and oxygen atoms in total. The Hall–Kier alpha value is -0.770. The molecule has 1 saturated heterocycles. The maximum absolute atomic E-state index is 10.4. The lowest BCUT2D eigenvalue weighted by Gasteiger charge is -2.17. The molecule has 0 radical (unpaired) electrons. The molecule has 4 heteroatoms. The molecule has 2 rings (SSSR count). The lowest BCUT2D eigenvalue weighted by Crippen LogP contribution is -2.06. The number of aromatic nitrogens is 1. The van der Waals surface area contributed by atoms with Gasteiger partial charge in [-0.15, -0.1) is 0 Å². The molecular formula is C9H11NO2S. The van der Waals surface area contributed by atoms with Gasteiger partial charge in [-0.2, -0.15) is 11.8 Å². The van der Waals surface area contributed by atoms with Gasteiger partial charge in [0.1, 0.15) is 11.5 Å². The average Bonchev–Trinajstić information content (AvgIpc) is 2.67. The molecule has 0 saturated carbocycles. The van der Waals surface area contributed by atoms with Crippen molar-refractivity contribution in [1.82, 2.24) is 5.16 Å². The predicted octanol–water partition coefficient (Wildman–Crippen LogP) is 2.10. The van der Waals surface area contributed by atoms with Crippen molar-refractivity contribution in [2.24, 2.45) is 0 Å². The van der Waals surface area contributed by atoms with E-state index in [1.54, 1.807) is 6.07 Å². The van der Waals surface area contributed by atoms with E-state index >= 15 is 0 Å². The maximum Gasteiger partial charge on any atom is 0.171 e. The van der Waals surface area contributed by atoms with E-state index in [1.165, 1.54) is 11.5 Å². The van der Waals surface area contributed by atoms with E-state index in [-0.39, 0.29) is 0 Å². The highest BCUT2D eigenvalue weighted by Gasteiger charge is 2.19. The second kappa shape index (κ2) is 3.96. The maximum atomic E-state index is 10.4. The van der Waals surface area contributed by atoms with Gasteiger partial charge in [-0.1, -0.05) is 5.16 Å². The molecule has 1 aliphatic rings. The monoisotopic (exact) mass is 197 g/mol. The largest absolute Gasteiger partial charge is 0.360 e. The molecule has 13 heavy (non-hydrogen) atoms. The van der Waals surface area contributed by atoms with Crippen molar-refractivity contribution in [3.8, 4) is 0 Å². The third-order valence-electron chi connectivity index (χ3n) is 2.29. The number of carbonyl (C=O) groups excluding carboxylic acids is 1. The Labute approximate surface area is 80.9 Å². The zero-order chi connectivity index (χ0) is 9.10. The van der Waals surface area contributed by atoms with Crippen molar-refractivity contribution in [3.63, 3.8) is 0 Å². The number of aldehydes is 1. The van der Waals surface area contributed by atoms with Crippen LogP contribution >= 0.6 is 11.8 Å². The summed E-state index contributed by atoms with van der Waals surface area (Å²) in [5.41, 5.74) is 0.410. The van der Waals surface area contributed by atoms with E-state index in [0.29, 0.717) is 11.6 Å². The Morgan fingerprint density at radius 2 is 2.31 bits per heavy atom. The molecule has 1 fully saturated rings. The Morgan fingerprint density at radius 1 is 1.54 bits per heavy atom. The summed E-state index contributed by atoms with van der Waals surface area (Å²) in [6, 6.07) is 1.76. The quantitative estimate of drug-likeness (QED) is 0.681. The van der Waals surface area contributed by atoms with Crippen molar-refractivity contribution in [2.75, 3.05) is 11.5 Å². The molecule has 0 N–H and O–H groups in total. The standard InChI is InChI=1S/C9H11NO2S/c11-6-8-5-9(12-10-8)7-1-3-13-4-2-7/h5-7H,1-4H2. The fourth-order valence-corrected chi connectivity index (χ4v) is 2.64. The minimum Gasteiger partial charge on any atom is -0.360 e. The molecule has 1 aromatic rings. The number of carbonyl (C=O) groups is 1. The van der Waals surface area contributed by atoms with E-state index in [2.05, 4.69) is 5.16 Å². The van der Waals surface area contributed by atoms with Crippen LogP contribution in [0.4, 0.5) is 0 Å². The van der Waals surface area contributed by atoms with Crippen LogP contribution in [0.3, 0.4) is 0 Å². The van der Waals surface area contributed by atoms with Crippen LogP contribution in [0.1, 0.15) is 35.0 Å². The van der Waals surface area contributed by atoms with Gasteiger partial charge < -0.3 is 4.52 Å². The Morgan fingerprint density at radius 3 is 2.92 bits per heavy atom. The van der Waals surface area contributed by atoms with Crippen molar-refractivity contribution in [3.05, 3.63) is 17.5 Å². The lowest BCUT2D eigenvalue weighted by atomic mass is 10.00. The van der Waals surface area contributed by atoms with E-state index in [4.69, 9.17) is 4.52 Å². The highest BCUT2D eigenvalue weighted by Crippen LogP contribution is 2.31. The Bertz CT molecular complexity index is 292. The van der Waals surface area contributed by atoms with Gasteiger partial charge in [0.15, 0.2) is 6.29 Å². The highest BCUT2D eigenvalue weighted by molar-refractivity contribution is 7.99. The third kappa shape index (κ3) is 1.94. The van der Waals surface area contributed by atoms with E-state index in [9.17, 15) is 4.79 Å². The fraction of sp³-hybridized carbons (Fsp3) is 0.556. The fourth-order valence-electron chi connectivity index (χ4n) is 1.53. The summed E-state index contributed by atoms with van der Waals surface area (Å²) >= 11 is 1.97. The van der Waals surface area contributed by atoms with Crippen molar-refractivity contribution in [2.45, 2.75) is 18.8 Å². The van der Waals surface area contributed by atoms with Gasteiger partial charge in [0.25, 0.3) is 0 Å². The van der Waals surface area contributed by atoms with Crippen molar-refractivity contribution >= 4 is 18.0 Å². The average molecular weight is 197 g/mol. The van der Waals surface area contributed by atoms with Crippen LogP contribution in [0.2, 0.25) is 0 Å². The molecule has 0 amide bonds. The summed E-state index contributed by atoms with van der Waals surface area (Å²) in [4.78, 5) is 10.4. The van der Waals surface area contributed by atoms with Crippen LogP contribution in [0.5, 0.6) is 0 Å². The van der Waals surface area contributed by atoms with Crippen LogP contribution < -0.4 is 0 Å².